The zero-order valence-electron chi connectivity index (χ0n) is 15.1. The van der Waals surface area contributed by atoms with E-state index in [1.807, 2.05) is 18.2 Å². The van der Waals surface area contributed by atoms with Gasteiger partial charge in [0.1, 0.15) is 0 Å². The van der Waals surface area contributed by atoms with Crippen LogP contribution in [-0.4, -0.2) is 23.9 Å². The van der Waals surface area contributed by atoms with Crippen LogP contribution < -0.4 is 25.6 Å². The molecule has 1 fully saturated rings. The molecule has 1 aliphatic heterocycles. The van der Waals surface area contributed by atoms with E-state index in [0.29, 0.717) is 28.7 Å². The highest BCUT2D eigenvalue weighted by Crippen LogP contribution is 2.32. The van der Waals surface area contributed by atoms with Crippen molar-refractivity contribution in [1.29, 1.82) is 0 Å². The van der Waals surface area contributed by atoms with E-state index in [9.17, 15) is 4.79 Å². The number of ether oxygens (including phenoxy) is 2. The van der Waals surface area contributed by atoms with Crippen molar-refractivity contribution in [2.75, 3.05) is 6.79 Å². The van der Waals surface area contributed by atoms with Gasteiger partial charge in [-0.2, -0.15) is 0 Å². The Bertz CT molecular complexity index is 707. The van der Waals surface area contributed by atoms with E-state index in [2.05, 4.69) is 30.0 Å². The molecule has 3 N–H and O–H groups in total. The highest BCUT2D eigenvalue weighted by Gasteiger charge is 2.27. The topological polar surface area (TPSA) is 71.6 Å². The standard InChI is InChI=1S/C19H25N3O3S/c1-12-4-3-5-15(13(12)2)20-19(26)22-21-18(23)9-7-14-6-8-16-17(10-14)25-11-24-16/h6-10,12-13,15H,3-5,11H2,1-2H3,(H,21,23)(H2,20,22,26)/b9-7+/t12-,13-,15+/m1/s1. The Morgan fingerprint density at radius 1 is 1.19 bits per heavy atom. The van der Waals surface area contributed by atoms with E-state index in [1.165, 1.54) is 18.9 Å². The van der Waals surface area contributed by atoms with Gasteiger partial charge in [0, 0.05) is 12.1 Å². The number of benzene rings is 1. The molecule has 1 amide bonds. The summed E-state index contributed by atoms with van der Waals surface area (Å²) in [5.74, 6) is 2.37. The van der Waals surface area contributed by atoms with Gasteiger partial charge in [0.25, 0.3) is 5.91 Å². The van der Waals surface area contributed by atoms with Crippen LogP contribution in [0.3, 0.4) is 0 Å². The summed E-state index contributed by atoms with van der Waals surface area (Å²) >= 11 is 5.29. The summed E-state index contributed by atoms with van der Waals surface area (Å²) in [7, 11) is 0. The van der Waals surface area contributed by atoms with Crippen LogP contribution in [0.1, 0.15) is 38.7 Å². The van der Waals surface area contributed by atoms with Crippen molar-refractivity contribution >= 4 is 29.3 Å². The van der Waals surface area contributed by atoms with Crippen molar-refractivity contribution in [3.05, 3.63) is 29.8 Å². The molecule has 2 aliphatic rings. The first-order chi connectivity index (χ1) is 12.5. The molecular formula is C19H25N3O3S. The van der Waals surface area contributed by atoms with Crippen molar-refractivity contribution < 1.29 is 14.3 Å². The van der Waals surface area contributed by atoms with Gasteiger partial charge in [0.15, 0.2) is 16.6 Å². The van der Waals surface area contributed by atoms with Crippen LogP contribution in [-0.2, 0) is 4.79 Å². The highest BCUT2D eigenvalue weighted by molar-refractivity contribution is 7.80. The van der Waals surface area contributed by atoms with Crippen LogP contribution in [0.15, 0.2) is 24.3 Å². The fraction of sp³-hybridized carbons (Fsp3) is 0.474. The Labute approximate surface area is 159 Å². The summed E-state index contributed by atoms with van der Waals surface area (Å²) in [6.45, 7) is 4.75. The van der Waals surface area contributed by atoms with Gasteiger partial charge in [-0.1, -0.05) is 32.8 Å². The van der Waals surface area contributed by atoms with Crippen LogP contribution in [0.25, 0.3) is 6.08 Å². The smallest absolute Gasteiger partial charge is 0.262 e. The Morgan fingerprint density at radius 2 is 2.00 bits per heavy atom. The SMILES string of the molecule is C[C@@H]1[C@H](C)CCC[C@@H]1NC(=S)NNC(=O)/C=C/c1ccc2c(c1)OCO2. The lowest BCUT2D eigenvalue weighted by atomic mass is 9.78. The minimum atomic E-state index is -0.281. The largest absolute Gasteiger partial charge is 0.454 e. The van der Waals surface area contributed by atoms with E-state index < -0.39 is 0 Å². The van der Waals surface area contributed by atoms with Crippen molar-refractivity contribution in [3.63, 3.8) is 0 Å². The molecule has 6 nitrogen and oxygen atoms in total. The summed E-state index contributed by atoms with van der Waals surface area (Å²) < 4.78 is 10.6. The maximum Gasteiger partial charge on any atom is 0.262 e. The van der Waals surface area contributed by atoms with Crippen molar-refractivity contribution in [2.24, 2.45) is 11.8 Å². The molecule has 3 atom stereocenters. The third-order valence-corrected chi connectivity index (χ3v) is 5.37. The number of carbonyl (C=O) groups is 1. The molecule has 1 aromatic rings. The number of nitrogens with one attached hydrogen (secondary N) is 3. The molecule has 0 aromatic heterocycles. The van der Waals surface area contributed by atoms with E-state index in [-0.39, 0.29) is 12.7 Å². The molecule has 26 heavy (non-hydrogen) atoms. The average molecular weight is 375 g/mol. The molecule has 0 spiro atoms. The molecule has 1 aliphatic carbocycles. The number of fused-ring (bicyclic) bond motifs is 1. The fourth-order valence-corrected chi connectivity index (χ4v) is 3.54. The van der Waals surface area contributed by atoms with Crippen molar-refractivity contribution in [3.8, 4) is 11.5 Å². The molecule has 3 rings (SSSR count). The molecule has 1 saturated carbocycles. The summed E-state index contributed by atoms with van der Waals surface area (Å²) in [5.41, 5.74) is 6.21. The molecule has 0 bridgehead atoms. The average Bonchev–Trinajstić information content (AvgIpc) is 3.10. The fourth-order valence-electron chi connectivity index (χ4n) is 3.34. The van der Waals surface area contributed by atoms with Gasteiger partial charge in [-0.25, -0.2) is 0 Å². The maximum absolute atomic E-state index is 12.0. The molecule has 1 aromatic carbocycles. The number of hydrazine groups is 1. The number of amides is 1. The minimum absolute atomic E-state index is 0.232. The predicted octanol–water partition coefficient (Wildman–Crippen LogP) is 2.75. The number of hydrogen-bond acceptors (Lipinski definition) is 4. The summed E-state index contributed by atoms with van der Waals surface area (Å²) in [6.07, 6.45) is 6.72. The molecule has 140 valence electrons. The number of rotatable bonds is 3. The number of thiocarbonyl (C=S) groups is 1. The Hall–Kier alpha value is -2.28. The quantitative estimate of drug-likeness (QED) is 0.429. The second-order valence-corrected chi connectivity index (χ2v) is 7.32. The van der Waals surface area contributed by atoms with Gasteiger partial charge in [0.2, 0.25) is 6.79 Å². The van der Waals surface area contributed by atoms with Crippen LogP contribution in [0.4, 0.5) is 0 Å². The van der Waals surface area contributed by atoms with Gasteiger partial charge in [0.05, 0.1) is 0 Å². The number of hydrogen-bond donors (Lipinski definition) is 3. The van der Waals surface area contributed by atoms with Crippen LogP contribution in [0, 0.1) is 11.8 Å². The monoisotopic (exact) mass is 375 g/mol. The van der Waals surface area contributed by atoms with Gasteiger partial charge in [-0.3, -0.25) is 15.6 Å². The van der Waals surface area contributed by atoms with Crippen LogP contribution >= 0.6 is 12.2 Å². The van der Waals surface area contributed by atoms with Crippen LogP contribution in [0.2, 0.25) is 0 Å². The minimum Gasteiger partial charge on any atom is -0.454 e. The molecule has 7 heteroatoms. The first-order valence-corrected chi connectivity index (χ1v) is 9.38. The molecule has 0 radical (unpaired) electrons. The lowest BCUT2D eigenvalue weighted by molar-refractivity contribution is -0.116. The third-order valence-electron chi connectivity index (χ3n) is 5.15. The van der Waals surface area contributed by atoms with Gasteiger partial charge in [-0.15, -0.1) is 0 Å². The normalized spacial score (nSPS) is 24.3. The Morgan fingerprint density at radius 3 is 2.85 bits per heavy atom. The third kappa shape index (κ3) is 4.66. The zero-order chi connectivity index (χ0) is 18.5. The second kappa shape index (κ2) is 8.40. The van der Waals surface area contributed by atoms with Crippen molar-refractivity contribution in [1.82, 2.24) is 16.2 Å². The summed E-state index contributed by atoms with van der Waals surface area (Å²) in [6, 6.07) is 5.86. The molecule has 0 saturated heterocycles. The lowest BCUT2D eigenvalue weighted by Crippen LogP contribution is -2.52. The van der Waals surface area contributed by atoms with E-state index in [1.54, 1.807) is 6.08 Å². The van der Waals surface area contributed by atoms with Gasteiger partial charge >= 0.3 is 0 Å². The Kier molecular flexibility index (Phi) is 5.98. The second-order valence-electron chi connectivity index (χ2n) is 6.91. The highest BCUT2D eigenvalue weighted by atomic mass is 32.1. The van der Waals surface area contributed by atoms with Crippen molar-refractivity contribution in [2.45, 2.75) is 39.2 Å². The zero-order valence-corrected chi connectivity index (χ0v) is 15.9. The first kappa shape index (κ1) is 18.5. The van der Waals surface area contributed by atoms with Gasteiger partial charge < -0.3 is 14.8 Å². The summed E-state index contributed by atoms with van der Waals surface area (Å²) in [5, 5.41) is 3.75. The maximum atomic E-state index is 12.0. The van der Waals surface area contributed by atoms with E-state index in [0.717, 1.165) is 17.7 Å². The number of carbonyl (C=O) groups excluding carboxylic acids is 1. The lowest BCUT2D eigenvalue weighted by Gasteiger charge is -2.35. The van der Waals surface area contributed by atoms with E-state index >= 15 is 0 Å². The van der Waals surface area contributed by atoms with Gasteiger partial charge in [-0.05, 0) is 54.2 Å². The molecule has 1 heterocycles. The predicted molar refractivity (Wildman–Crippen MR) is 105 cm³/mol. The summed E-state index contributed by atoms with van der Waals surface area (Å²) in [4.78, 5) is 12.0. The first-order valence-electron chi connectivity index (χ1n) is 8.97. The molecule has 0 unspecified atom stereocenters. The Balaban J connectivity index is 1.44. The van der Waals surface area contributed by atoms with Crippen LogP contribution in [0.5, 0.6) is 11.5 Å². The van der Waals surface area contributed by atoms with E-state index in [4.69, 9.17) is 21.7 Å². The molecular weight excluding hydrogens is 350 g/mol.